The summed E-state index contributed by atoms with van der Waals surface area (Å²) < 4.78 is 12.4. The van der Waals surface area contributed by atoms with Gasteiger partial charge in [-0.2, -0.15) is 0 Å². The molecule has 0 saturated heterocycles. The van der Waals surface area contributed by atoms with Gasteiger partial charge in [0.25, 0.3) is 0 Å². The molecule has 2 aliphatic rings. The molecule has 2 fully saturated rings. The fraction of sp³-hybridized carbons (Fsp3) is 0.950. The quantitative estimate of drug-likeness (QED) is 0.364. The number of carbonyl (C=O) groups is 1. The fourth-order valence-electron chi connectivity index (χ4n) is 6.23. The van der Waals surface area contributed by atoms with Crippen LogP contribution in [-0.4, -0.2) is 32.1 Å². The van der Waals surface area contributed by atoms with Crippen molar-refractivity contribution < 1.29 is 13.6 Å². The zero-order chi connectivity index (χ0) is 18.7. The third-order valence-electron chi connectivity index (χ3n) is 7.49. The largest absolute Gasteiger partial charge is 0.400 e. The van der Waals surface area contributed by atoms with Crippen molar-refractivity contribution in [2.75, 3.05) is 0 Å². The summed E-state index contributed by atoms with van der Waals surface area (Å²) in [6, 6.07) is 0. The van der Waals surface area contributed by atoms with E-state index in [4.69, 9.17) is 8.85 Å². The first-order valence-corrected chi connectivity index (χ1v) is 14.5. The van der Waals surface area contributed by atoms with Crippen LogP contribution in [-0.2, 0) is 13.6 Å². The van der Waals surface area contributed by atoms with Gasteiger partial charge in [0.15, 0.2) is 19.5 Å². The first-order valence-electron chi connectivity index (χ1n) is 10.5. The van der Waals surface area contributed by atoms with Gasteiger partial charge in [0.1, 0.15) is 12.6 Å². The monoisotopic (exact) mass is 384 g/mol. The molecule has 2 aliphatic carbocycles. The Bertz CT molecular complexity index is 437. The predicted molar refractivity (Wildman–Crippen MR) is 110 cm³/mol. The molecule has 0 aromatic carbocycles. The highest BCUT2D eigenvalue weighted by molar-refractivity contribution is 6.26. The van der Waals surface area contributed by atoms with Gasteiger partial charge in [-0.05, 0) is 48.9 Å². The summed E-state index contributed by atoms with van der Waals surface area (Å²) in [6.07, 6.45) is 8.84. The van der Waals surface area contributed by atoms with E-state index in [9.17, 15) is 4.79 Å². The van der Waals surface area contributed by atoms with E-state index in [1.165, 1.54) is 44.8 Å². The van der Waals surface area contributed by atoms with E-state index >= 15 is 0 Å². The van der Waals surface area contributed by atoms with E-state index in [2.05, 4.69) is 40.8 Å². The fourth-order valence-corrected chi connectivity index (χ4v) is 8.08. The lowest BCUT2D eigenvalue weighted by Crippen LogP contribution is -2.54. The van der Waals surface area contributed by atoms with Crippen LogP contribution >= 0.6 is 0 Å². The van der Waals surface area contributed by atoms with Crippen molar-refractivity contribution >= 4 is 25.8 Å². The summed E-state index contributed by atoms with van der Waals surface area (Å²) in [6.45, 7) is 13.8. The van der Waals surface area contributed by atoms with Crippen molar-refractivity contribution in [1.82, 2.24) is 0 Å². The summed E-state index contributed by atoms with van der Waals surface area (Å²) in [4.78, 5) is 11.5. The lowest BCUT2D eigenvalue weighted by Gasteiger charge is -2.58. The van der Waals surface area contributed by atoms with E-state index in [0.717, 1.165) is 0 Å². The molecule has 0 heterocycles. The van der Waals surface area contributed by atoms with Gasteiger partial charge in [0, 0.05) is 11.3 Å². The number of aldehydes is 1. The maximum absolute atomic E-state index is 11.5. The van der Waals surface area contributed by atoms with Crippen molar-refractivity contribution in [2.45, 2.75) is 85.6 Å². The molecule has 5 atom stereocenters. The van der Waals surface area contributed by atoms with Gasteiger partial charge >= 0.3 is 0 Å². The Morgan fingerprint density at radius 2 is 1.76 bits per heavy atom. The molecule has 146 valence electrons. The standard InChI is InChI=1S/C20H40O3Si2/c1-14(13-21)15-9-7-10-17-16(11-8-12-20(15,17)4)19(2,3)18(22-24-5)23-25-6/h13-18H,7-12,24-25H2,1-6H3/t14-,15-,16+,17-,20+/m1/s1. The van der Waals surface area contributed by atoms with Crippen LogP contribution in [0.15, 0.2) is 0 Å². The summed E-state index contributed by atoms with van der Waals surface area (Å²) in [5, 5.41) is 0. The van der Waals surface area contributed by atoms with Gasteiger partial charge in [-0.15, -0.1) is 0 Å². The molecule has 5 heteroatoms. The van der Waals surface area contributed by atoms with Crippen LogP contribution < -0.4 is 0 Å². The van der Waals surface area contributed by atoms with Gasteiger partial charge in [-0.3, -0.25) is 0 Å². The minimum atomic E-state index is -0.488. The molecule has 0 unspecified atom stereocenters. The Morgan fingerprint density at radius 1 is 1.12 bits per heavy atom. The zero-order valence-electron chi connectivity index (χ0n) is 17.3. The van der Waals surface area contributed by atoms with Crippen molar-refractivity contribution in [3.63, 3.8) is 0 Å². The van der Waals surface area contributed by atoms with Crippen molar-refractivity contribution in [3.8, 4) is 0 Å². The summed E-state index contributed by atoms with van der Waals surface area (Å²) in [5.41, 5.74) is 0.362. The van der Waals surface area contributed by atoms with Crippen LogP contribution in [0.3, 0.4) is 0 Å². The van der Waals surface area contributed by atoms with E-state index in [-0.39, 0.29) is 17.6 Å². The first-order chi connectivity index (χ1) is 11.8. The molecule has 0 amide bonds. The van der Waals surface area contributed by atoms with E-state index in [1.54, 1.807) is 0 Å². The van der Waals surface area contributed by atoms with Gasteiger partial charge < -0.3 is 13.6 Å². The normalized spacial score (nSPS) is 36.6. The van der Waals surface area contributed by atoms with Crippen molar-refractivity contribution in [2.24, 2.45) is 34.5 Å². The first kappa shape index (κ1) is 21.3. The average molecular weight is 385 g/mol. The van der Waals surface area contributed by atoms with E-state index < -0.39 is 19.5 Å². The molecule has 0 spiro atoms. The Kier molecular flexibility index (Phi) is 7.51. The molecule has 0 aromatic heterocycles. The molecule has 2 rings (SSSR count). The summed E-state index contributed by atoms with van der Waals surface area (Å²) >= 11 is 0. The summed E-state index contributed by atoms with van der Waals surface area (Å²) in [7, 11) is -0.975. The number of carbonyl (C=O) groups excluding carboxylic acids is 1. The number of hydrogen-bond donors (Lipinski definition) is 0. The maximum atomic E-state index is 11.5. The Balaban J connectivity index is 2.30. The summed E-state index contributed by atoms with van der Waals surface area (Å²) in [5.74, 6) is 2.07. The minimum Gasteiger partial charge on any atom is -0.400 e. The molecule has 0 N–H and O–H groups in total. The van der Waals surface area contributed by atoms with Crippen LogP contribution in [0.2, 0.25) is 13.1 Å². The molecule has 0 bridgehead atoms. The van der Waals surface area contributed by atoms with E-state index in [1.807, 2.05) is 0 Å². The molecule has 0 aromatic rings. The zero-order valence-corrected chi connectivity index (χ0v) is 20.2. The number of rotatable bonds is 8. The van der Waals surface area contributed by atoms with Crippen LogP contribution in [0.4, 0.5) is 0 Å². The number of hydrogen-bond acceptors (Lipinski definition) is 3. The second kappa shape index (κ2) is 8.81. The van der Waals surface area contributed by atoms with Crippen LogP contribution in [0.25, 0.3) is 0 Å². The maximum Gasteiger partial charge on any atom is 0.161 e. The Morgan fingerprint density at radius 3 is 2.32 bits per heavy atom. The Labute approximate surface area is 159 Å². The van der Waals surface area contributed by atoms with Crippen LogP contribution in [0.5, 0.6) is 0 Å². The van der Waals surface area contributed by atoms with Gasteiger partial charge in [-0.1, -0.05) is 53.6 Å². The molecular formula is C20H40O3Si2. The van der Waals surface area contributed by atoms with Crippen molar-refractivity contribution in [1.29, 1.82) is 0 Å². The third kappa shape index (κ3) is 4.14. The topological polar surface area (TPSA) is 35.5 Å². The molecular weight excluding hydrogens is 344 g/mol. The second-order valence-corrected chi connectivity index (χ2v) is 11.0. The highest BCUT2D eigenvalue weighted by atomic mass is 28.2. The molecule has 3 nitrogen and oxygen atoms in total. The smallest absolute Gasteiger partial charge is 0.161 e. The van der Waals surface area contributed by atoms with Crippen molar-refractivity contribution in [3.05, 3.63) is 0 Å². The molecule has 25 heavy (non-hydrogen) atoms. The van der Waals surface area contributed by atoms with Crippen LogP contribution in [0.1, 0.15) is 66.2 Å². The minimum absolute atomic E-state index is 0.0166. The van der Waals surface area contributed by atoms with E-state index in [0.29, 0.717) is 23.2 Å². The molecule has 0 aliphatic heterocycles. The molecule has 2 saturated carbocycles. The number of fused-ring (bicyclic) bond motifs is 1. The second-order valence-electron chi connectivity index (χ2n) is 9.21. The highest BCUT2D eigenvalue weighted by Gasteiger charge is 2.54. The molecule has 0 radical (unpaired) electrons. The predicted octanol–water partition coefficient (Wildman–Crippen LogP) is 3.69. The lowest BCUT2D eigenvalue weighted by atomic mass is 9.47. The Hall–Kier alpha value is 0.0238. The SMILES string of the molecule is C[SiH2]OC(O[SiH2]C)C(C)(C)[C@H]1CCC[C@@]2(C)[C@@H]([C@H](C)C=O)CCC[C@H]12. The third-order valence-corrected chi connectivity index (χ3v) is 8.76. The highest BCUT2D eigenvalue weighted by Crippen LogP contribution is 2.61. The van der Waals surface area contributed by atoms with Gasteiger partial charge in [0.05, 0.1) is 0 Å². The van der Waals surface area contributed by atoms with Gasteiger partial charge in [0.2, 0.25) is 0 Å². The van der Waals surface area contributed by atoms with Crippen LogP contribution in [0, 0.1) is 34.5 Å². The lowest BCUT2D eigenvalue weighted by molar-refractivity contribution is -0.159. The van der Waals surface area contributed by atoms with Gasteiger partial charge in [-0.25, -0.2) is 0 Å². The average Bonchev–Trinajstić information content (AvgIpc) is 2.59.